The van der Waals surface area contributed by atoms with Gasteiger partial charge in [-0.1, -0.05) is 0 Å². The van der Waals surface area contributed by atoms with Crippen LogP contribution in [0.15, 0.2) is 24.3 Å². The molecule has 94 valence electrons. The van der Waals surface area contributed by atoms with Gasteiger partial charge in [-0.05, 0) is 31.2 Å². The van der Waals surface area contributed by atoms with E-state index in [9.17, 15) is 13.2 Å². The molecule has 1 rings (SSSR count). The van der Waals surface area contributed by atoms with Gasteiger partial charge in [0.15, 0.2) is 0 Å². The summed E-state index contributed by atoms with van der Waals surface area (Å²) in [6, 6.07) is 6.76. The Morgan fingerprint density at radius 1 is 1.29 bits per heavy atom. The molecule has 0 saturated heterocycles. The zero-order valence-electron chi connectivity index (χ0n) is 10.1. The fraction of sp³-hybridized carbons (Fsp3) is 0.364. The minimum Gasteiger partial charge on any atom is -0.375 e. The third-order valence-electron chi connectivity index (χ3n) is 2.32. The van der Waals surface area contributed by atoms with Crippen molar-refractivity contribution in [1.29, 1.82) is 0 Å². The number of sulfonamides is 1. The first-order valence-electron chi connectivity index (χ1n) is 5.17. The molecule has 0 unspecified atom stereocenters. The maximum absolute atomic E-state index is 11.5. The Morgan fingerprint density at radius 2 is 1.82 bits per heavy atom. The lowest BCUT2D eigenvalue weighted by atomic mass is 10.2. The Balaban J connectivity index is 2.84. The Labute approximate surface area is 101 Å². The van der Waals surface area contributed by atoms with E-state index in [1.807, 2.05) is 23.6 Å². The average molecular weight is 256 g/mol. The van der Waals surface area contributed by atoms with E-state index in [0.717, 1.165) is 18.5 Å². The number of hydrogen-bond acceptors (Lipinski definition) is 4. The average Bonchev–Trinajstić information content (AvgIpc) is 2.26. The smallest absolute Gasteiger partial charge is 0.264 e. The van der Waals surface area contributed by atoms with Gasteiger partial charge in [-0.2, -0.15) is 0 Å². The molecule has 0 spiro atoms. The summed E-state index contributed by atoms with van der Waals surface area (Å²) >= 11 is 0. The van der Waals surface area contributed by atoms with Crippen LogP contribution in [0.2, 0.25) is 0 Å². The molecule has 0 atom stereocenters. The van der Waals surface area contributed by atoms with Gasteiger partial charge in [0.05, 0.1) is 6.26 Å². The molecule has 0 aliphatic heterocycles. The van der Waals surface area contributed by atoms with E-state index >= 15 is 0 Å². The molecule has 1 amide bonds. The summed E-state index contributed by atoms with van der Waals surface area (Å²) in [7, 11) is -1.58. The molecule has 1 N–H and O–H groups in total. The van der Waals surface area contributed by atoms with Gasteiger partial charge < -0.3 is 4.90 Å². The summed E-state index contributed by atoms with van der Waals surface area (Å²) in [5.74, 6) is -0.613. The number of nitrogens with one attached hydrogen (secondary N) is 1. The van der Waals surface area contributed by atoms with Gasteiger partial charge in [-0.15, -0.1) is 0 Å². The Hall–Kier alpha value is -1.56. The predicted octanol–water partition coefficient (Wildman–Crippen LogP) is 0.832. The van der Waals surface area contributed by atoms with Crippen molar-refractivity contribution in [2.75, 3.05) is 24.7 Å². The summed E-state index contributed by atoms with van der Waals surface area (Å²) in [5, 5.41) is 0. The van der Waals surface area contributed by atoms with Crippen LogP contribution in [0.5, 0.6) is 0 Å². The molecule has 5 nitrogen and oxygen atoms in total. The third kappa shape index (κ3) is 4.07. The van der Waals surface area contributed by atoms with Crippen LogP contribution in [0.1, 0.15) is 17.3 Å². The fourth-order valence-electron chi connectivity index (χ4n) is 1.28. The third-order valence-corrected chi connectivity index (χ3v) is 2.88. The van der Waals surface area contributed by atoms with Crippen molar-refractivity contribution in [1.82, 2.24) is 4.72 Å². The van der Waals surface area contributed by atoms with Crippen LogP contribution in [0.25, 0.3) is 0 Å². The van der Waals surface area contributed by atoms with Crippen molar-refractivity contribution in [2.45, 2.75) is 6.92 Å². The summed E-state index contributed by atoms with van der Waals surface area (Å²) in [6.45, 7) is 2.87. The van der Waals surface area contributed by atoms with Crippen molar-refractivity contribution >= 4 is 21.6 Å². The van der Waals surface area contributed by atoms with E-state index < -0.39 is 15.9 Å². The van der Waals surface area contributed by atoms with Crippen LogP contribution in [0, 0.1) is 0 Å². The molecule has 0 aliphatic carbocycles. The monoisotopic (exact) mass is 256 g/mol. The Morgan fingerprint density at radius 3 is 2.24 bits per heavy atom. The second-order valence-electron chi connectivity index (χ2n) is 3.76. The summed E-state index contributed by atoms with van der Waals surface area (Å²) in [4.78, 5) is 13.5. The second-order valence-corrected chi connectivity index (χ2v) is 5.51. The van der Waals surface area contributed by atoms with Gasteiger partial charge in [-0.3, -0.25) is 4.79 Å². The first kappa shape index (κ1) is 13.5. The highest BCUT2D eigenvalue weighted by Gasteiger charge is 2.10. The largest absolute Gasteiger partial charge is 0.375 e. The topological polar surface area (TPSA) is 66.5 Å². The number of nitrogens with zero attached hydrogens (tertiary/aromatic N) is 1. The molecule has 0 aromatic heterocycles. The number of anilines is 1. The van der Waals surface area contributed by atoms with E-state index in [-0.39, 0.29) is 0 Å². The van der Waals surface area contributed by atoms with Gasteiger partial charge in [0.2, 0.25) is 10.0 Å². The molecular weight excluding hydrogens is 240 g/mol. The van der Waals surface area contributed by atoms with Gasteiger partial charge in [-0.25, -0.2) is 13.1 Å². The second kappa shape index (κ2) is 5.18. The SMILES string of the molecule is CCN(C)c1ccc(C(=O)NS(C)(=O)=O)cc1. The van der Waals surface area contributed by atoms with Crippen LogP contribution in [0.3, 0.4) is 0 Å². The van der Waals surface area contributed by atoms with Crippen molar-refractivity contribution in [2.24, 2.45) is 0 Å². The maximum Gasteiger partial charge on any atom is 0.264 e. The van der Waals surface area contributed by atoms with Crippen molar-refractivity contribution in [3.8, 4) is 0 Å². The number of rotatable bonds is 4. The number of carbonyl (C=O) groups is 1. The van der Waals surface area contributed by atoms with Gasteiger partial charge >= 0.3 is 0 Å². The number of amides is 1. The number of carbonyl (C=O) groups excluding carboxylic acids is 1. The van der Waals surface area contributed by atoms with Crippen LogP contribution in [0.4, 0.5) is 5.69 Å². The number of hydrogen-bond donors (Lipinski definition) is 1. The lowest BCUT2D eigenvalue weighted by molar-refractivity contribution is 0.0981. The summed E-state index contributed by atoms with van der Waals surface area (Å²) in [6.07, 6.45) is 0.949. The molecule has 1 aromatic carbocycles. The lowest BCUT2D eigenvalue weighted by Gasteiger charge is -2.16. The zero-order valence-corrected chi connectivity index (χ0v) is 10.9. The van der Waals surface area contributed by atoms with Crippen LogP contribution < -0.4 is 9.62 Å². The van der Waals surface area contributed by atoms with E-state index in [0.29, 0.717) is 5.56 Å². The van der Waals surface area contributed by atoms with E-state index in [1.165, 1.54) is 0 Å². The molecule has 1 aromatic rings. The molecule has 6 heteroatoms. The molecule has 0 bridgehead atoms. The fourth-order valence-corrected chi connectivity index (χ4v) is 1.73. The maximum atomic E-state index is 11.5. The summed E-state index contributed by atoms with van der Waals surface area (Å²) < 4.78 is 23.7. The van der Waals surface area contributed by atoms with E-state index in [4.69, 9.17) is 0 Å². The molecule has 0 fully saturated rings. The normalized spacial score (nSPS) is 11.0. The van der Waals surface area contributed by atoms with Crippen molar-refractivity contribution in [3.05, 3.63) is 29.8 Å². The van der Waals surface area contributed by atoms with Crippen LogP contribution >= 0.6 is 0 Å². The molecule has 0 radical (unpaired) electrons. The zero-order chi connectivity index (χ0) is 13.1. The molecule has 0 saturated carbocycles. The van der Waals surface area contributed by atoms with E-state index in [2.05, 4.69) is 0 Å². The van der Waals surface area contributed by atoms with Gasteiger partial charge in [0.25, 0.3) is 5.91 Å². The first-order chi connectivity index (χ1) is 7.83. The molecular formula is C11H16N2O3S. The molecule has 0 aliphatic rings. The lowest BCUT2D eigenvalue weighted by Crippen LogP contribution is -2.29. The van der Waals surface area contributed by atoms with Gasteiger partial charge in [0, 0.05) is 24.8 Å². The van der Waals surface area contributed by atoms with Crippen LogP contribution in [-0.2, 0) is 10.0 Å². The Kier molecular flexibility index (Phi) is 4.11. The minimum absolute atomic E-state index is 0.323. The van der Waals surface area contributed by atoms with Crippen LogP contribution in [-0.4, -0.2) is 34.2 Å². The Bertz CT molecular complexity index is 494. The summed E-state index contributed by atoms with van der Waals surface area (Å²) in [5.41, 5.74) is 1.30. The van der Waals surface area contributed by atoms with Crippen molar-refractivity contribution in [3.63, 3.8) is 0 Å². The standard InChI is InChI=1S/C11H16N2O3S/c1-4-13(2)10-7-5-9(6-8-10)11(14)12-17(3,15)16/h5-8H,4H2,1-3H3,(H,12,14). The molecule has 17 heavy (non-hydrogen) atoms. The highest BCUT2D eigenvalue weighted by Crippen LogP contribution is 2.13. The highest BCUT2D eigenvalue weighted by molar-refractivity contribution is 7.89. The first-order valence-corrected chi connectivity index (χ1v) is 7.06. The van der Waals surface area contributed by atoms with Gasteiger partial charge in [0.1, 0.15) is 0 Å². The quantitative estimate of drug-likeness (QED) is 0.866. The molecule has 0 heterocycles. The predicted molar refractivity (Wildman–Crippen MR) is 67.7 cm³/mol. The minimum atomic E-state index is -3.51. The van der Waals surface area contributed by atoms with E-state index in [1.54, 1.807) is 24.3 Å². The highest BCUT2D eigenvalue weighted by atomic mass is 32.2. The number of benzene rings is 1. The van der Waals surface area contributed by atoms with Crippen molar-refractivity contribution < 1.29 is 13.2 Å².